The van der Waals surface area contributed by atoms with E-state index in [-0.39, 0.29) is 0 Å². The van der Waals surface area contributed by atoms with Crippen molar-refractivity contribution in [3.05, 3.63) is 90.5 Å². The molecule has 0 N–H and O–H groups in total. The van der Waals surface area contributed by atoms with Gasteiger partial charge < -0.3 is 0 Å². The molecule has 1 nitrogen and oxygen atoms in total. The van der Waals surface area contributed by atoms with E-state index in [0.717, 1.165) is 4.90 Å². The normalized spacial score (nSPS) is 13.9. The van der Waals surface area contributed by atoms with Crippen LogP contribution in [-0.4, -0.2) is 6.26 Å². The molecule has 0 amide bonds. The van der Waals surface area contributed by atoms with Gasteiger partial charge in [-0.3, -0.25) is 0 Å². The van der Waals surface area contributed by atoms with Crippen LogP contribution in [0, 0.1) is 0 Å². The van der Waals surface area contributed by atoms with Gasteiger partial charge in [-0.25, -0.2) is 0 Å². The minimum Gasteiger partial charge on any atom is -0.0996 e. The van der Waals surface area contributed by atoms with E-state index in [4.69, 9.17) is 0 Å². The molecule has 1 atom stereocenters. The van der Waals surface area contributed by atoms with E-state index in [1.54, 1.807) is 0 Å². The molecule has 0 heterocycles. The number of hydrogen-bond acceptors (Lipinski definition) is 1. The summed E-state index contributed by atoms with van der Waals surface area (Å²) in [5.74, 6) is 0.554. The summed E-state index contributed by atoms with van der Waals surface area (Å²) in [6, 6.07) is 28.8. The highest BCUT2D eigenvalue weighted by atomic mass is 32.2. The molecule has 0 aliphatic heterocycles. The molecule has 2 heteroatoms. The molecule has 0 saturated heterocycles. The van der Waals surface area contributed by atoms with Gasteiger partial charge in [0.25, 0.3) is 0 Å². The lowest BCUT2D eigenvalue weighted by Gasteiger charge is -2.13. The monoisotopic (exact) mass is 331 g/mol. The van der Waals surface area contributed by atoms with Crippen LogP contribution < -0.4 is 0 Å². The quantitative estimate of drug-likeness (QED) is 0.348. The van der Waals surface area contributed by atoms with Gasteiger partial charge >= 0.3 is 0 Å². The second-order valence-corrected chi connectivity index (χ2v) is 9.03. The zero-order chi connectivity index (χ0) is 16.6. The molecule has 1 unspecified atom stereocenters. The van der Waals surface area contributed by atoms with Crippen LogP contribution in [0.2, 0.25) is 0 Å². The number of fused-ring (bicyclic) bond motifs is 2. The number of benzene rings is 4. The first-order valence-electron chi connectivity index (χ1n) is 8.06. The van der Waals surface area contributed by atoms with Gasteiger partial charge in [0.05, 0.1) is 0 Å². The third-order valence-corrected chi connectivity index (χ3v) is 6.65. The molecule has 4 aromatic carbocycles. The predicted molar refractivity (Wildman–Crippen MR) is 104 cm³/mol. The summed E-state index contributed by atoms with van der Waals surface area (Å²) in [4.78, 5) is 0.919. The Labute approximate surface area is 143 Å². The minimum absolute atomic E-state index is 0.554. The standard InChI is InChI=1S/C22H19OS/c1-24(23,19-11-3-2-4-12-19)16-22-20-13-7-5-9-17(20)15-18-10-6-8-14-21(18)22/h2-15H,16H2,1H3/q+1. The SMILES string of the molecule is C[S+](=O)(Cc1c2ccccc2cc2ccccc12)c1ccccc1. The van der Waals surface area contributed by atoms with Crippen LogP contribution in [-0.2, 0) is 19.9 Å². The topological polar surface area (TPSA) is 17.1 Å². The molecule has 0 aliphatic rings. The molecule has 0 aromatic heterocycles. The van der Waals surface area contributed by atoms with Crippen molar-refractivity contribution in [3.63, 3.8) is 0 Å². The van der Waals surface area contributed by atoms with E-state index in [1.165, 1.54) is 27.1 Å². The Balaban J connectivity index is 1.96. The lowest BCUT2D eigenvalue weighted by atomic mass is 9.98. The molecule has 0 saturated carbocycles. The van der Waals surface area contributed by atoms with Crippen LogP contribution in [0.15, 0.2) is 89.8 Å². The number of rotatable bonds is 3. The Bertz CT molecular complexity index is 1010. The Kier molecular flexibility index (Phi) is 3.70. The summed E-state index contributed by atoms with van der Waals surface area (Å²) in [6.07, 6.45) is 1.87. The van der Waals surface area contributed by atoms with Crippen molar-refractivity contribution < 1.29 is 4.21 Å². The Morgan fingerprint density at radius 2 is 1.21 bits per heavy atom. The molecule has 4 aromatic rings. The van der Waals surface area contributed by atoms with Crippen molar-refractivity contribution >= 4 is 31.5 Å². The molecule has 0 fully saturated rings. The van der Waals surface area contributed by atoms with Crippen molar-refractivity contribution in [1.82, 2.24) is 0 Å². The lowest BCUT2D eigenvalue weighted by Crippen LogP contribution is -2.12. The van der Waals surface area contributed by atoms with Gasteiger partial charge in [-0.05, 0) is 39.7 Å². The molecule has 0 radical (unpaired) electrons. The van der Waals surface area contributed by atoms with Crippen molar-refractivity contribution in [2.75, 3.05) is 6.26 Å². The Morgan fingerprint density at radius 1 is 0.708 bits per heavy atom. The molecule has 4 rings (SSSR count). The average molecular weight is 331 g/mol. The highest BCUT2D eigenvalue weighted by molar-refractivity contribution is 8.01. The molecular formula is C22H19OS+. The van der Waals surface area contributed by atoms with Gasteiger partial charge in [0.1, 0.15) is 21.9 Å². The summed E-state index contributed by atoms with van der Waals surface area (Å²) >= 11 is 0. The molecule has 0 bridgehead atoms. The first kappa shape index (κ1) is 15.1. The summed E-state index contributed by atoms with van der Waals surface area (Å²) < 4.78 is 13.4. The largest absolute Gasteiger partial charge is 0.158 e. The van der Waals surface area contributed by atoms with Crippen molar-refractivity contribution in [1.29, 1.82) is 0 Å². The highest BCUT2D eigenvalue weighted by Gasteiger charge is 2.27. The van der Waals surface area contributed by atoms with E-state index in [9.17, 15) is 4.21 Å². The smallest absolute Gasteiger partial charge is 0.0996 e. The lowest BCUT2D eigenvalue weighted by molar-refractivity contribution is 0.587. The maximum absolute atomic E-state index is 13.4. The predicted octanol–water partition coefficient (Wildman–Crippen LogP) is 5.68. The fraction of sp³-hybridized carbons (Fsp3) is 0.0909. The highest BCUT2D eigenvalue weighted by Crippen LogP contribution is 2.32. The third kappa shape index (κ3) is 2.63. The molecule has 0 aliphatic carbocycles. The summed E-state index contributed by atoms with van der Waals surface area (Å²) in [7, 11) is -2.15. The summed E-state index contributed by atoms with van der Waals surface area (Å²) in [5, 5.41) is 4.80. The van der Waals surface area contributed by atoms with Crippen LogP contribution in [0.1, 0.15) is 5.56 Å². The molecule has 24 heavy (non-hydrogen) atoms. The molecule has 118 valence electrons. The van der Waals surface area contributed by atoms with Crippen LogP contribution in [0.4, 0.5) is 0 Å². The summed E-state index contributed by atoms with van der Waals surface area (Å²) in [5.41, 5.74) is 1.18. The maximum atomic E-state index is 13.4. The summed E-state index contributed by atoms with van der Waals surface area (Å²) in [6.45, 7) is 0. The fourth-order valence-electron chi connectivity index (χ4n) is 3.33. The van der Waals surface area contributed by atoms with E-state index in [2.05, 4.69) is 54.6 Å². The van der Waals surface area contributed by atoms with Crippen molar-refractivity contribution in [2.45, 2.75) is 10.6 Å². The van der Waals surface area contributed by atoms with E-state index in [1.807, 2.05) is 36.6 Å². The van der Waals surface area contributed by atoms with Crippen LogP contribution >= 0.6 is 0 Å². The van der Waals surface area contributed by atoms with Crippen molar-refractivity contribution in [2.24, 2.45) is 0 Å². The van der Waals surface area contributed by atoms with Crippen LogP contribution in [0.5, 0.6) is 0 Å². The van der Waals surface area contributed by atoms with Crippen LogP contribution in [0.3, 0.4) is 0 Å². The third-order valence-electron chi connectivity index (χ3n) is 4.54. The van der Waals surface area contributed by atoms with Gasteiger partial charge in [0.15, 0.2) is 4.90 Å². The molecule has 0 spiro atoms. The first-order chi connectivity index (χ1) is 11.6. The van der Waals surface area contributed by atoms with Gasteiger partial charge in [0.2, 0.25) is 0 Å². The second-order valence-electron chi connectivity index (χ2n) is 6.26. The molecular weight excluding hydrogens is 312 g/mol. The van der Waals surface area contributed by atoms with Gasteiger partial charge in [-0.15, -0.1) is 0 Å². The second kappa shape index (κ2) is 5.88. The van der Waals surface area contributed by atoms with E-state index in [0.29, 0.717) is 5.75 Å². The average Bonchev–Trinajstić information content (AvgIpc) is 2.62. The van der Waals surface area contributed by atoms with Crippen LogP contribution in [0.25, 0.3) is 21.5 Å². The van der Waals surface area contributed by atoms with Gasteiger partial charge in [0, 0.05) is 5.56 Å². The van der Waals surface area contributed by atoms with E-state index < -0.39 is 9.93 Å². The number of hydrogen-bond donors (Lipinski definition) is 0. The Hall–Kier alpha value is -2.45. The fourth-order valence-corrected chi connectivity index (χ4v) is 5.09. The van der Waals surface area contributed by atoms with Crippen molar-refractivity contribution in [3.8, 4) is 0 Å². The zero-order valence-corrected chi connectivity index (χ0v) is 14.4. The first-order valence-corrected chi connectivity index (χ1v) is 10.2. The maximum Gasteiger partial charge on any atom is 0.158 e. The zero-order valence-electron chi connectivity index (χ0n) is 13.6. The van der Waals surface area contributed by atoms with Gasteiger partial charge in [-0.2, -0.15) is 0 Å². The van der Waals surface area contributed by atoms with Gasteiger partial charge in [-0.1, -0.05) is 70.9 Å². The Morgan fingerprint density at radius 3 is 1.79 bits per heavy atom. The minimum atomic E-state index is -2.15. The van der Waals surface area contributed by atoms with E-state index >= 15 is 0 Å².